The van der Waals surface area contributed by atoms with Gasteiger partial charge in [-0.15, -0.1) is 0 Å². The van der Waals surface area contributed by atoms with Gasteiger partial charge in [-0.1, -0.05) is 31.5 Å². The number of nitrogens with zero attached hydrogens (tertiary/aromatic N) is 3. The van der Waals surface area contributed by atoms with Crippen molar-refractivity contribution in [2.75, 3.05) is 20.2 Å². The summed E-state index contributed by atoms with van der Waals surface area (Å²) < 4.78 is 42.4. The molecule has 0 aliphatic carbocycles. The van der Waals surface area contributed by atoms with Crippen molar-refractivity contribution in [3.05, 3.63) is 47.5 Å². The number of sulfonamides is 1. The number of amides is 1. The van der Waals surface area contributed by atoms with Gasteiger partial charge in [0.15, 0.2) is 0 Å². The highest BCUT2D eigenvalue weighted by atomic mass is 35.5. The van der Waals surface area contributed by atoms with Crippen molar-refractivity contribution in [2.45, 2.75) is 24.8 Å². The zero-order valence-electron chi connectivity index (χ0n) is 17.3. The van der Waals surface area contributed by atoms with Gasteiger partial charge in [-0.25, -0.2) is 8.42 Å². The van der Waals surface area contributed by atoms with E-state index in [4.69, 9.17) is 16.3 Å². The molecule has 11 heteroatoms. The minimum Gasteiger partial charge on any atom is -0.492 e. The first-order chi connectivity index (χ1) is 14.7. The Bertz CT molecular complexity index is 1150. The van der Waals surface area contributed by atoms with Crippen molar-refractivity contribution in [3.8, 4) is 5.75 Å². The van der Waals surface area contributed by atoms with Gasteiger partial charge in [0.2, 0.25) is 15.9 Å². The number of nitrogens with one attached hydrogen (secondary N) is 1. The number of benzene rings is 2. The van der Waals surface area contributed by atoms with E-state index in [2.05, 4.69) is 13.5 Å². The molecule has 31 heavy (non-hydrogen) atoms. The van der Waals surface area contributed by atoms with Crippen molar-refractivity contribution in [1.29, 1.82) is 0 Å². The quantitative estimate of drug-likeness (QED) is 0.502. The fraction of sp³-hybridized carbons (Fsp3) is 0.350. The predicted molar refractivity (Wildman–Crippen MR) is 121 cm³/mol. The van der Waals surface area contributed by atoms with Crippen LogP contribution in [0.15, 0.2) is 47.4 Å². The van der Waals surface area contributed by atoms with Gasteiger partial charge in [-0.3, -0.25) is 4.79 Å². The van der Waals surface area contributed by atoms with E-state index in [1.54, 1.807) is 57.3 Å². The van der Waals surface area contributed by atoms with Crippen LogP contribution in [0.3, 0.4) is 0 Å². The smallest absolute Gasteiger partial charge is 0.243 e. The van der Waals surface area contributed by atoms with E-state index in [-0.39, 0.29) is 29.9 Å². The molecule has 3 rings (SSSR count). The molecule has 0 radical (unpaired) electrons. The third-order valence-corrected chi connectivity index (χ3v) is 6.91. The first-order valence-electron chi connectivity index (χ1n) is 9.56. The Morgan fingerprint density at radius 3 is 2.58 bits per heavy atom. The number of halogens is 1. The van der Waals surface area contributed by atoms with E-state index >= 15 is 0 Å². The molecule has 0 bridgehead atoms. The summed E-state index contributed by atoms with van der Waals surface area (Å²) in [7, 11) is -2.37. The monoisotopic (exact) mass is 482 g/mol. The van der Waals surface area contributed by atoms with Crippen molar-refractivity contribution in [2.24, 2.45) is 5.92 Å². The number of hydrogen-bond acceptors (Lipinski definition) is 7. The van der Waals surface area contributed by atoms with Gasteiger partial charge < -0.3 is 9.64 Å². The summed E-state index contributed by atoms with van der Waals surface area (Å²) in [6, 6.07) is 10.7. The summed E-state index contributed by atoms with van der Waals surface area (Å²) >= 11 is 6.79. The molecule has 0 saturated heterocycles. The van der Waals surface area contributed by atoms with E-state index in [1.807, 2.05) is 0 Å². The SMILES string of the molecule is CC(C)[C@@H](NS(=O)(=O)c1cccc2nsnc12)C(=O)N(C)CCOc1ccc(Cl)cc1. The van der Waals surface area contributed by atoms with E-state index in [1.165, 1.54) is 11.0 Å². The van der Waals surface area contributed by atoms with Crippen molar-refractivity contribution < 1.29 is 17.9 Å². The summed E-state index contributed by atoms with van der Waals surface area (Å²) in [5.41, 5.74) is 0.788. The molecule has 1 amide bonds. The van der Waals surface area contributed by atoms with Gasteiger partial charge >= 0.3 is 0 Å². The maximum absolute atomic E-state index is 13.0. The lowest BCUT2D eigenvalue weighted by atomic mass is 10.0. The molecule has 0 unspecified atom stereocenters. The Labute approximate surface area is 190 Å². The second-order valence-corrected chi connectivity index (χ2v) is 9.94. The summed E-state index contributed by atoms with van der Waals surface area (Å²) in [5.74, 6) is 0.0212. The first kappa shape index (κ1) is 23.4. The van der Waals surface area contributed by atoms with Crippen molar-refractivity contribution >= 4 is 50.3 Å². The average molecular weight is 483 g/mol. The van der Waals surface area contributed by atoms with E-state index in [0.29, 0.717) is 21.8 Å². The summed E-state index contributed by atoms with van der Waals surface area (Å²) in [6.45, 7) is 4.12. The molecule has 0 aliphatic heterocycles. The lowest BCUT2D eigenvalue weighted by Gasteiger charge is -2.27. The highest BCUT2D eigenvalue weighted by Crippen LogP contribution is 2.22. The number of rotatable bonds is 9. The van der Waals surface area contributed by atoms with Gasteiger partial charge in [-0.05, 0) is 42.3 Å². The van der Waals surface area contributed by atoms with E-state index in [0.717, 1.165) is 11.7 Å². The summed E-state index contributed by atoms with van der Waals surface area (Å²) in [5, 5.41) is 0.607. The molecular formula is C20H23ClN4O4S2. The van der Waals surface area contributed by atoms with Crippen LogP contribution in [0.5, 0.6) is 5.75 Å². The van der Waals surface area contributed by atoms with Crippen LogP contribution in [-0.4, -0.2) is 54.2 Å². The second-order valence-electron chi connectivity index (χ2n) is 7.29. The normalized spacial score (nSPS) is 12.8. The topological polar surface area (TPSA) is 101 Å². The molecular weight excluding hydrogens is 460 g/mol. The molecule has 0 aliphatic rings. The number of carbonyl (C=O) groups is 1. The molecule has 0 fully saturated rings. The maximum atomic E-state index is 13.0. The molecule has 0 saturated carbocycles. The fourth-order valence-corrected chi connectivity index (χ4v) is 5.11. The molecule has 3 aromatic rings. The lowest BCUT2D eigenvalue weighted by molar-refractivity contribution is -0.133. The Balaban J connectivity index is 1.68. The van der Waals surface area contributed by atoms with Gasteiger partial charge in [0.05, 0.1) is 18.3 Å². The van der Waals surface area contributed by atoms with Gasteiger partial charge in [-0.2, -0.15) is 13.5 Å². The van der Waals surface area contributed by atoms with Crippen LogP contribution in [0.25, 0.3) is 11.0 Å². The molecule has 1 aromatic heterocycles. The lowest BCUT2D eigenvalue weighted by Crippen LogP contribution is -2.50. The molecule has 1 heterocycles. The molecule has 166 valence electrons. The number of fused-ring (bicyclic) bond motifs is 1. The number of carbonyl (C=O) groups excluding carboxylic acids is 1. The van der Waals surface area contributed by atoms with E-state index < -0.39 is 16.1 Å². The van der Waals surface area contributed by atoms with Crippen LogP contribution in [0, 0.1) is 5.92 Å². The Kier molecular flexibility index (Phi) is 7.47. The van der Waals surface area contributed by atoms with Crippen LogP contribution < -0.4 is 9.46 Å². The maximum Gasteiger partial charge on any atom is 0.243 e. The second kappa shape index (κ2) is 9.90. The zero-order chi connectivity index (χ0) is 22.6. The zero-order valence-corrected chi connectivity index (χ0v) is 19.7. The van der Waals surface area contributed by atoms with Crippen LogP contribution in [0.4, 0.5) is 0 Å². The predicted octanol–water partition coefficient (Wildman–Crippen LogP) is 3.19. The van der Waals surface area contributed by atoms with Crippen LogP contribution in [0.1, 0.15) is 13.8 Å². The molecule has 2 aromatic carbocycles. The fourth-order valence-electron chi connectivity index (χ4n) is 2.88. The van der Waals surface area contributed by atoms with Crippen molar-refractivity contribution in [3.63, 3.8) is 0 Å². The van der Waals surface area contributed by atoms with Gasteiger partial charge in [0.25, 0.3) is 0 Å². The van der Waals surface area contributed by atoms with E-state index in [9.17, 15) is 13.2 Å². The van der Waals surface area contributed by atoms with Crippen LogP contribution >= 0.6 is 23.3 Å². The largest absolute Gasteiger partial charge is 0.492 e. The number of ether oxygens (including phenoxy) is 1. The van der Waals surface area contributed by atoms with Gasteiger partial charge in [0, 0.05) is 12.1 Å². The number of likely N-dealkylation sites (N-methyl/N-ethyl adjacent to an activating group) is 1. The Morgan fingerprint density at radius 2 is 1.90 bits per heavy atom. The van der Waals surface area contributed by atoms with Crippen LogP contribution in [0.2, 0.25) is 5.02 Å². The molecule has 1 atom stereocenters. The van der Waals surface area contributed by atoms with Crippen molar-refractivity contribution in [1.82, 2.24) is 18.4 Å². The first-order valence-corrected chi connectivity index (χ1v) is 12.1. The number of aromatic nitrogens is 2. The Hall–Kier alpha value is -2.27. The van der Waals surface area contributed by atoms with Gasteiger partial charge in [0.1, 0.15) is 34.3 Å². The standard InChI is InChI=1S/C20H23ClN4O4S2/c1-13(2)18(20(26)25(3)11-12-29-15-9-7-14(21)8-10-15)24-31(27,28)17-6-4-5-16-19(17)23-30-22-16/h4-10,13,18,24H,11-12H2,1-3H3/t18-/m1/s1. The summed E-state index contributed by atoms with van der Waals surface area (Å²) in [4.78, 5) is 14.5. The number of hydrogen-bond donors (Lipinski definition) is 1. The molecule has 8 nitrogen and oxygen atoms in total. The highest BCUT2D eigenvalue weighted by molar-refractivity contribution is 7.89. The highest BCUT2D eigenvalue weighted by Gasteiger charge is 2.31. The summed E-state index contributed by atoms with van der Waals surface area (Å²) in [6.07, 6.45) is 0. The Morgan fingerprint density at radius 1 is 1.19 bits per heavy atom. The van der Waals surface area contributed by atoms with Crippen LogP contribution in [-0.2, 0) is 14.8 Å². The molecule has 0 spiro atoms. The third-order valence-electron chi connectivity index (χ3n) is 4.64. The minimum atomic E-state index is -3.98. The average Bonchev–Trinajstić information content (AvgIpc) is 3.21. The third kappa shape index (κ3) is 5.70. The minimum absolute atomic E-state index is 0.00549. The molecule has 1 N–H and O–H groups in total.